The zero-order valence-electron chi connectivity index (χ0n) is 13.6. The molecule has 3 rings (SSSR count). The van der Waals surface area contributed by atoms with Crippen molar-refractivity contribution in [1.29, 1.82) is 0 Å². The lowest BCUT2D eigenvalue weighted by Crippen LogP contribution is -2.17. The normalized spacial score (nSPS) is 10.0. The molecule has 2 amide bonds. The van der Waals surface area contributed by atoms with Gasteiger partial charge in [0.2, 0.25) is 0 Å². The van der Waals surface area contributed by atoms with Crippen molar-refractivity contribution in [2.24, 2.45) is 0 Å². The van der Waals surface area contributed by atoms with Gasteiger partial charge < -0.3 is 10.1 Å². The number of carbonyl (C=O) groups is 2. The lowest BCUT2D eigenvalue weighted by molar-refractivity contribution is 0.102. The third-order valence-corrected chi connectivity index (χ3v) is 3.70. The largest absolute Gasteiger partial charge is 0.417 e. The van der Waals surface area contributed by atoms with E-state index in [1.807, 2.05) is 6.07 Å². The third kappa shape index (κ3) is 4.84. The highest BCUT2D eigenvalue weighted by Crippen LogP contribution is 2.16. The van der Waals surface area contributed by atoms with Gasteiger partial charge in [-0.25, -0.2) is 4.79 Å². The Morgan fingerprint density at radius 1 is 0.731 bits per heavy atom. The molecule has 26 heavy (non-hydrogen) atoms. The van der Waals surface area contributed by atoms with Gasteiger partial charge in [0.05, 0.1) is 0 Å². The summed E-state index contributed by atoms with van der Waals surface area (Å²) in [4.78, 5) is 24.1. The maximum atomic E-state index is 12.2. The minimum Gasteiger partial charge on any atom is -0.410 e. The van der Waals surface area contributed by atoms with Crippen molar-refractivity contribution in [3.05, 3.63) is 89.4 Å². The van der Waals surface area contributed by atoms with Gasteiger partial charge in [-0.1, -0.05) is 29.8 Å². The van der Waals surface area contributed by atoms with Gasteiger partial charge in [-0.3, -0.25) is 10.1 Å². The maximum absolute atomic E-state index is 12.2. The fourth-order valence-corrected chi connectivity index (χ4v) is 2.31. The second-order valence-electron chi connectivity index (χ2n) is 5.37. The molecular weight excluding hydrogens is 352 g/mol. The molecule has 6 heteroatoms. The van der Waals surface area contributed by atoms with Gasteiger partial charge in [0.15, 0.2) is 0 Å². The van der Waals surface area contributed by atoms with E-state index in [-0.39, 0.29) is 5.91 Å². The highest BCUT2D eigenvalue weighted by molar-refractivity contribution is 6.30. The number of rotatable bonds is 4. The first kappa shape index (κ1) is 17.5. The molecule has 0 saturated heterocycles. The molecule has 0 radical (unpaired) electrons. The zero-order chi connectivity index (χ0) is 18.4. The van der Waals surface area contributed by atoms with Gasteiger partial charge in [-0.05, 0) is 60.7 Å². The Labute approximate surface area is 155 Å². The number of hydrogen-bond donors (Lipinski definition) is 2. The molecule has 0 atom stereocenters. The average molecular weight is 367 g/mol. The molecule has 0 aromatic heterocycles. The molecule has 2 N–H and O–H groups in total. The summed E-state index contributed by atoms with van der Waals surface area (Å²) in [6.45, 7) is 0. The van der Waals surface area contributed by atoms with Gasteiger partial charge in [-0.2, -0.15) is 0 Å². The first-order valence-electron chi connectivity index (χ1n) is 7.81. The van der Waals surface area contributed by atoms with E-state index >= 15 is 0 Å². The number of carbonyl (C=O) groups excluding carboxylic acids is 2. The minimum absolute atomic E-state index is 0.259. The lowest BCUT2D eigenvalue weighted by Gasteiger charge is -2.08. The first-order valence-corrected chi connectivity index (χ1v) is 8.19. The monoisotopic (exact) mass is 366 g/mol. The SMILES string of the molecule is O=C(Nc1ccc(C(=O)Nc2ccc(Cl)cc2)cc1)Oc1ccccc1. The molecule has 0 bridgehead atoms. The number of para-hydroxylation sites is 1. The Kier molecular flexibility index (Phi) is 5.51. The van der Waals surface area contributed by atoms with Crippen molar-refractivity contribution in [2.75, 3.05) is 10.6 Å². The highest BCUT2D eigenvalue weighted by atomic mass is 35.5. The van der Waals surface area contributed by atoms with E-state index < -0.39 is 6.09 Å². The molecule has 0 heterocycles. The predicted molar refractivity (Wildman–Crippen MR) is 102 cm³/mol. The van der Waals surface area contributed by atoms with E-state index in [2.05, 4.69) is 10.6 Å². The summed E-state index contributed by atoms with van der Waals surface area (Å²) in [5.74, 6) is 0.190. The topological polar surface area (TPSA) is 67.4 Å². The summed E-state index contributed by atoms with van der Waals surface area (Å²) in [6.07, 6.45) is -0.602. The van der Waals surface area contributed by atoms with Crippen LogP contribution in [0.15, 0.2) is 78.9 Å². The molecule has 0 aliphatic heterocycles. The standard InChI is InChI=1S/C20H15ClN2O3/c21-15-8-12-16(13-9-15)22-19(24)14-6-10-17(11-7-14)23-20(25)26-18-4-2-1-3-5-18/h1-13H,(H,22,24)(H,23,25). The maximum Gasteiger partial charge on any atom is 0.417 e. The van der Waals surface area contributed by atoms with Crippen LogP contribution >= 0.6 is 11.6 Å². The van der Waals surface area contributed by atoms with E-state index in [9.17, 15) is 9.59 Å². The van der Waals surface area contributed by atoms with E-state index in [0.717, 1.165) is 0 Å². The van der Waals surface area contributed by atoms with Crippen LogP contribution in [0.1, 0.15) is 10.4 Å². The van der Waals surface area contributed by atoms with Crippen molar-refractivity contribution in [3.8, 4) is 5.75 Å². The van der Waals surface area contributed by atoms with Gasteiger partial charge in [0.1, 0.15) is 5.75 Å². The number of hydrogen-bond acceptors (Lipinski definition) is 3. The number of anilines is 2. The van der Waals surface area contributed by atoms with Crippen LogP contribution in [0.5, 0.6) is 5.75 Å². The Hall–Kier alpha value is -3.31. The number of benzene rings is 3. The van der Waals surface area contributed by atoms with Crippen LogP contribution in [0, 0.1) is 0 Å². The summed E-state index contributed by atoms with van der Waals surface area (Å²) in [6, 6.07) is 22.1. The fraction of sp³-hybridized carbons (Fsp3) is 0. The van der Waals surface area contributed by atoms with Crippen LogP contribution in [-0.2, 0) is 0 Å². The molecule has 0 saturated carbocycles. The lowest BCUT2D eigenvalue weighted by atomic mass is 10.2. The molecule has 3 aromatic carbocycles. The highest BCUT2D eigenvalue weighted by Gasteiger charge is 2.08. The number of halogens is 1. The van der Waals surface area contributed by atoms with Crippen molar-refractivity contribution in [2.45, 2.75) is 0 Å². The first-order chi connectivity index (χ1) is 12.6. The predicted octanol–water partition coefficient (Wildman–Crippen LogP) is 5.20. The van der Waals surface area contributed by atoms with Gasteiger partial charge >= 0.3 is 6.09 Å². The van der Waals surface area contributed by atoms with E-state index in [1.165, 1.54) is 0 Å². The average Bonchev–Trinajstić information content (AvgIpc) is 2.65. The van der Waals surface area contributed by atoms with E-state index in [0.29, 0.717) is 27.7 Å². The zero-order valence-corrected chi connectivity index (χ0v) is 14.4. The molecule has 0 spiro atoms. The van der Waals surface area contributed by atoms with Crippen LogP contribution in [0.25, 0.3) is 0 Å². The molecule has 0 unspecified atom stereocenters. The van der Waals surface area contributed by atoms with Crippen LogP contribution in [0.2, 0.25) is 5.02 Å². The Morgan fingerprint density at radius 2 is 1.31 bits per heavy atom. The third-order valence-electron chi connectivity index (χ3n) is 3.45. The summed E-state index contributed by atoms with van der Waals surface area (Å²) in [7, 11) is 0. The van der Waals surface area contributed by atoms with Crippen molar-refractivity contribution in [3.63, 3.8) is 0 Å². The summed E-state index contributed by atoms with van der Waals surface area (Å²) >= 11 is 5.82. The molecule has 0 aliphatic carbocycles. The second-order valence-corrected chi connectivity index (χ2v) is 5.80. The van der Waals surface area contributed by atoms with Crippen molar-refractivity contribution in [1.82, 2.24) is 0 Å². The van der Waals surface area contributed by atoms with E-state index in [1.54, 1.807) is 72.8 Å². The molecule has 130 valence electrons. The van der Waals surface area contributed by atoms with Crippen molar-refractivity contribution < 1.29 is 14.3 Å². The molecule has 5 nitrogen and oxygen atoms in total. The van der Waals surface area contributed by atoms with Gasteiger partial charge in [-0.15, -0.1) is 0 Å². The Morgan fingerprint density at radius 3 is 1.96 bits per heavy atom. The van der Waals surface area contributed by atoms with Crippen LogP contribution < -0.4 is 15.4 Å². The molecule has 0 aliphatic rings. The van der Waals surface area contributed by atoms with Crippen molar-refractivity contribution >= 4 is 35.0 Å². The van der Waals surface area contributed by atoms with E-state index in [4.69, 9.17) is 16.3 Å². The number of amides is 2. The molecule has 0 fully saturated rings. The summed E-state index contributed by atoms with van der Waals surface area (Å²) < 4.78 is 5.14. The second kappa shape index (κ2) is 8.18. The number of ether oxygens (including phenoxy) is 1. The smallest absolute Gasteiger partial charge is 0.410 e. The summed E-state index contributed by atoms with van der Waals surface area (Å²) in [5, 5.41) is 5.97. The molecule has 3 aromatic rings. The Balaban J connectivity index is 1.58. The number of nitrogens with one attached hydrogen (secondary N) is 2. The quantitative estimate of drug-likeness (QED) is 0.666. The van der Waals surface area contributed by atoms with Crippen LogP contribution in [0.3, 0.4) is 0 Å². The van der Waals surface area contributed by atoms with Crippen LogP contribution in [-0.4, -0.2) is 12.0 Å². The summed E-state index contributed by atoms with van der Waals surface area (Å²) in [5.41, 5.74) is 1.63. The fourth-order valence-electron chi connectivity index (χ4n) is 2.18. The Bertz CT molecular complexity index is 895. The van der Waals surface area contributed by atoms with Gasteiger partial charge in [0, 0.05) is 22.0 Å². The minimum atomic E-state index is -0.602. The van der Waals surface area contributed by atoms with Crippen LogP contribution in [0.4, 0.5) is 16.2 Å². The van der Waals surface area contributed by atoms with Gasteiger partial charge in [0.25, 0.3) is 5.91 Å². The molecular formula is C20H15ClN2O3.